The average Bonchev–Trinajstić information content (AvgIpc) is 3.26. The lowest BCUT2D eigenvalue weighted by Gasteiger charge is -2.09. The lowest BCUT2D eigenvalue weighted by molar-refractivity contribution is -0.141. The van der Waals surface area contributed by atoms with Gasteiger partial charge < -0.3 is 0 Å². The van der Waals surface area contributed by atoms with E-state index in [2.05, 4.69) is 9.82 Å². The highest BCUT2D eigenvalue weighted by atomic mass is 32.2. The van der Waals surface area contributed by atoms with Crippen molar-refractivity contribution in [3.8, 4) is 0 Å². The van der Waals surface area contributed by atoms with E-state index in [0.29, 0.717) is 5.69 Å². The molecular formula is C15H15F4N3O2S. The van der Waals surface area contributed by atoms with Crippen LogP contribution in [0.3, 0.4) is 0 Å². The topological polar surface area (TPSA) is 64.0 Å². The Bertz CT molecular complexity index is 873. The predicted molar refractivity (Wildman–Crippen MR) is 80.8 cm³/mol. The van der Waals surface area contributed by atoms with Crippen LogP contribution in [0, 0.1) is 5.82 Å². The van der Waals surface area contributed by atoms with Gasteiger partial charge in [0.05, 0.1) is 6.54 Å². The number of hydrogen-bond donors (Lipinski definition) is 1. The summed E-state index contributed by atoms with van der Waals surface area (Å²) in [6.07, 6.45) is -2.99. The second kappa shape index (κ2) is 6.41. The molecule has 0 atom stereocenters. The van der Waals surface area contributed by atoms with Crippen LogP contribution in [0.1, 0.15) is 30.1 Å². The van der Waals surface area contributed by atoms with Gasteiger partial charge in [-0.15, -0.1) is 0 Å². The minimum Gasteiger partial charge on any atom is -0.267 e. The molecule has 0 unspecified atom stereocenters. The Labute approximate surface area is 141 Å². The molecule has 3 rings (SSSR count). The third-order valence-corrected chi connectivity index (χ3v) is 5.33. The smallest absolute Gasteiger partial charge is 0.267 e. The number of halogens is 4. The Hall–Kier alpha value is -1.94. The van der Waals surface area contributed by atoms with Gasteiger partial charge in [-0.3, -0.25) is 4.68 Å². The molecule has 1 fully saturated rings. The molecule has 1 aliphatic rings. The standard InChI is InChI=1S/C15H15F4N3O2S/c16-11-3-1-2-4-13(11)25(23,24)20-7-8-22-12(10-5-6-10)9-14(21-22)15(17,18)19/h1-4,9-10,20H,5-8H2. The van der Waals surface area contributed by atoms with Gasteiger partial charge in [0.1, 0.15) is 10.7 Å². The maximum Gasteiger partial charge on any atom is 0.435 e. The highest BCUT2D eigenvalue weighted by Gasteiger charge is 2.37. The quantitative estimate of drug-likeness (QED) is 0.788. The van der Waals surface area contributed by atoms with Crippen molar-refractivity contribution < 1.29 is 26.0 Å². The summed E-state index contributed by atoms with van der Waals surface area (Å²) in [5.41, 5.74) is -0.552. The number of alkyl halides is 3. The van der Waals surface area contributed by atoms with Crippen LogP contribution in [0.5, 0.6) is 0 Å². The van der Waals surface area contributed by atoms with Crippen molar-refractivity contribution in [2.45, 2.75) is 36.4 Å². The summed E-state index contributed by atoms with van der Waals surface area (Å²) in [6, 6.07) is 5.87. The van der Waals surface area contributed by atoms with Gasteiger partial charge >= 0.3 is 6.18 Å². The highest BCUT2D eigenvalue weighted by molar-refractivity contribution is 7.89. The molecule has 1 saturated carbocycles. The van der Waals surface area contributed by atoms with Gasteiger partial charge in [0.15, 0.2) is 5.69 Å². The lowest BCUT2D eigenvalue weighted by atomic mass is 10.2. The van der Waals surface area contributed by atoms with Crippen LogP contribution in [0.4, 0.5) is 17.6 Å². The van der Waals surface area contributed by atoms with Gasteiger partial charge in [-0.2, -0.15) is 18.3 Å². The van der Waals surface area contributed by atoms with Crippen LogP contribution in [0.25, 0.3) is 0 Å². The Kier molecular flexibility index (Phi) is 4.58. The van der Waals surface area contributed by atoms with Crippen molar-refractivity contribution in [2.24, 2.45) is 0 Å². The Morgan fingerprint density at radius 3 is 2.52 bits per heavy atom. The summed E-state index contributed by atoms with van der Waals surface area (Å²) in [5, 5.41) is 3.54. The number of nitrogens with zero attached hydrogens (tertiary/aromatic N) is 2. The fourth-order valence-corrected chi connectivity index (χ4v) is 3.58. The first kappa shape index (κ1) is 17.9. The van der Waals surface area contributed by atoms with Gasteiger partial charge in [0, 0.05) is 18.2 Å². The van der Waals surface area contributed by atoms with E-state index >= 15 is 0 Å². The molecule has 1 aromatic heterocycles. The number of aromatic nitrogens is 2. The summed E-state index contributed by atoms with van der Waals surface area (Å²) in [7, 11) is -4.09. The van der Waals surface area contributed by atoms with Crippen molar-refractivity contribution in [2.75, 3.05) is 6.54 Å². The van der Waals surface area contributed by atoms with E-state index in [-0.39, 0.29) is 19.0 Å². The monoisotopic (exact) mass is 377 g/mol. The van der Waals surface area contributed by atoms with Crippen LogP contribution >= 0.6 is 0 Å². The van der Waals surface area contributed by atoms with Crippen molar-refractivity contribution in [1.82, 2.24) is 14.5 Å². The lowest BCUT2D eigenvalue weighted by Crippen LogP contribution is -2.28. The molecule has 0 aliphatic heterocycles. The largest absolute Gasteiger partial charge is 0.435 e. The molecular weight excluding hydrogens is 362 g/mol. The molecule has 10 heteroatoms. The van der Waals surface area contributed by atoms with Gasteiger partial charge in [-0.25, -0.2) is 17.5 Å². The van der Waals surface area contributed by atoms with Crippen molar-refractivity contribution in [3.63, 3.8) is 0 Å². The second-order valence-electron chi connectivity index (χ2n) is 5.78. The van der Waals surface area contributed by atoms with E-state index in [9.17, 15) is 26.0 Å². The first-order valence-electron chi connectivity index (χ1n) is 7.57. The van der Waals surface area contributed by atoms with E-state index in [4.69, 9.17) is 0 Å². The van der Waals surface area contributed by atoms with E-state index in [1.54, 1.807) is 0 Å². The summed E-state index contributed by atoms with van der Waals surface area (Å²) < 4.78 is 79.5. The van der Waals surface area contributed by atoms with Gasteiger partial charge in [0.2, 0.25) is 10.0 Å². The van der Waals surface area contributed by atoms with E-state index < -0.39 is 32.6 Å². The van der Waals surface area contributed by atoms with E-state index in [1.807, 2.05) is 0 Å². The summed E-state index contributed by atoms with van der Waals surface area (Å²) in [4.78, 5) is -0.506. The molecule has 1 aromatic carbocycles. The predicted octanol–water partition coefficient (Wildman–Crippen LogP) is 2.90. The molecule has 1 aliphatic carbocycles. The first-order valence-corrected chi connectivity index (χ1v) is 9.06. The van der Waals surface area contributed by atoms with Gasteiger partial charge in [-0.05, 0) is 31.0 Å². The molecule has 0 bridgehead atoms. The number of sulfonamides is 1. The van der Waals surface area contributed by atoms with Crippen molar-refractivity contribution >= 4 is 10.0 Å². The summed E-state index contributed by atoms with van der Waals surface area (Å²) in [5.74, 6) is -0.876. The van der Waals surface area contributed by atoms with Crippen LogP contribution in [0.2, 0.25) is 0 Å². The molecule has 1 N–H and O–H groups in total. The third kappa shape index (κ3) is 4.01. The van der Waals surface area contributed by atoms with E-state index in [1.165, 1.54) is 16.8 Å². The Balaban J connectivity index is 1.72. The normalized spacial score (nSPS) is 15.5. The van der Waals surface area contributed by atoms with Crippen LogP contribution in [-0.4, -0.2) is 24.7 Å². The molecule has 2 aromatic rings. The maximum atomic E-state index is 13.6. The Morgan fingerprint density at radius 1 is 1.24 bits per heavy atom. The zero-order valence-electron chi connectivity index (χ0n) is 12.9. The third-order valence-electron chi connectivity index (χ3n) is 3.84. The summed E-state index contributed by atoms with van der Waals surface area (Å²) in [6.45, 7) is -0.273. The highest BCUT2D eigenvalue weighted by Crippen LogP contribution is 2.42. The van der Waals surface area contributed by atoms with Crippen LogP contribution in [0.15, 0.2) is 35.2 Å². The fourth-order valence-electron chi connectivity index (χ4n) is 2.48. The number of rotatable bonds is 6. The zero-order chi connectivity index (χ0) is 18.2. The average molecular weight is 377 g/mol. The van der Waals surface area contributed by atoms with Crippen LogP contribution in [-0.2, 0) is 22.7 Å². The SMILES string of the molecule is O=S(=O)(NCCn1nc(C(F)(F)F)cc1C1CC1)c1ccccc1F. The Morgan fingerprint density at radius 2 is 1.92 bits per heavy atom. The van der Waals surface area contributed by atoms with Gasteiger partial charge in [-0.1, -0.05) is 12.1 Å². The number of benzene rings is 1. The molecule has 0 radical (unpaired) electrons. The van der Waals surface area contributed by atoms with Gasteiger partial charge in [0.25, 0.3) is 0 Å². The minimum absolute atomic E-state index is 0.0202. The number of nitrogens with one attached hydrogen (secondary N) is 1. The molecule has 25 heavy (non-hydrogen) atoms. The van der Waals surface area contributed by atoms with Crippen LogP contribution < -0.4 is 4.72 Å². The molecule has 1 heterocycles. The van der Waals surface area contributed by atoms with Crippen molar-refractivity contribution in [3.05, 3.63) is 47.5 Å². The zero-order valence-corrected chi connectivity index (χ0v) is 13.7. The molecule has 0 amide bonds. The maximum absolute atomic E-state index is 13.6. The first-order chi connectivity index (χ1) is 11.7. The molecule has 136 valence electrons. The molecule has 5 nitrogen and oxygen atoms in total. The van der Waals surface area contributed by atoms with Crippen molar-refractivity contribution in [1.29, 1.82) is 0 Å². The molecule has 0 saturated heterocycles. The van der Waals surface area contributed by atoms with E-state index in [0.717, 1.165) is 31.0 Å². The minimum atomic E-state index is -4.55. The summed E-state index contributed by atoms with van der Waals surface area (Å²) >= 11 is 0. The fraction of sp³-hybridized carbons (Fsp3) is 0.400. The second-order valence-corrected chi connectivity index (χ2v) is 7.51. The number of hydrogen-bond acceptors (Lipinski definition) is 3. The molecule has 0 spiro atoms.